The molecule has 1 saturated heterocycles. The lowest BCUT2D eigenvalue weighted by atomic mass is 10.00. The molecule has 35 heavy (non-hydrogen) atoms. The van der Waals surface area contributed by atoms with E-state index in [0.29, 0.717) is 11.0 Å². The average Bonchev–Trinajstić information content (AvgIpc) is 3.19. The lowest BCUT2D eigenvalue weighted by Gasteiger charge is -2.38. The number of nitrogens with one attached hydrogen (secondary N) is 1. The Balaban J connectivity index is 1.46. The first-order valence-corrected chi connectivity index (χ1v) is 11.4. The number of halogens is 4. The second-order valence-corrected chi connectivity index (χ2v) is 10.1. The molecule has 1 saturated carbocycles. The zero-order valence-corrected chi connectivity index (χ0v) is 19.9. The summed E-state index contributed by atoms with van der Waals surface area (Å²) in [6.45, 7) is 5.40. The van der Waals surface area contributed by atoms with E-state index < -0.39 is 48.0 Å². The van der Waals surface area contributed by atoms with E-state index in [4.69, 9.17) is 13.9 Å². The molecule has 2 amide bonds. The first-order chi connectivity index (χ1) is 16.2. The van der Waals surface area contributed by atoms with E-state index in [0.717, 1.165) is 4.90 Å². The highest BCUT2D eigenvalue weighted by Crippen LogP contribution is 2.48. The van der Waals surface area contributed by atoms with Gasteiger partial charge in [0, 0.05) is 18.4 Å². The number of aryl methyl sites for hydroxylation is 1. The fourth-order valence-corrected chi connectivity index (χ4v) is 4.05. The number of likely N-dealkylation sites (tertiary alicyclic amines) is 1. The average molecular weight is 500 g/mol. The molecule has 1 aromatic heterocycles. The molecule has 1 aliphatic carbocycles. The second-order valence-electron chi connectivity index (χ2n) is 10.1. The van der Waals surface area contributed by atoms with E-state index in [2.05, 4.69) is 5.32 Å². The molecule has 2 unspecified atom stereocenters. The van der Waals surface area contributed by atoms with Crippen molar-refractivity contribution in [1.82, 2.24) is 10.2 Å². The maximum Gasteiger partial charge on any atom is 0.410 e. The van der Waals surface area contributed by atoms with Crippen LogP contribution in [0.4, 0.5) is 22.4 Å². The molecule has 2 aromatic rings. The van der Waals surface area contributed by atoms with E-state index in [9.17, 15) is 27.2 Å². The van der Waals surface area contributed by atoms with Crippen molar-refractivity contribution in [2.24, 2.45) is 5.92 Å². The zero-order chi connectivity index (χ0) is 25.8. The molecule has 2 atom stereocenters. The maximum absolute atomic E-state index is 14.9. The smallest absolute Gasteiger partial charge is 0.410 e. The molecule has 0 bridgehead atoms. The van der Waals surface area contributed by atoms with Crippen LogP contribution in [0.5, 0.6) is 5.75 Å². The Labute approximate surface area is 199 Å². The second kappa shape index (κ2) is 8.60. The van der Waals surface area contributed by atoms with Gasteiger partial charge in [-0.1, -0.05) is 0 Å². The van der Waals surface area contributed by atoms with Gasteiger partial charge in [0.25, 0.3) is 17.8 Å². The fourth-order valence-electron chi connectivity index (χ4n) is 4.05. The summed E-state index contributed by atoms with van der Waals surface area (Å²) in [7, 11) is 0. The Morgan fingerprint density at radius 1 is 1.20 bits per heavy atom. The first-order valence-electron chi connectivity index (χ1n) is 11.4. The number of piperidine rings is 1. The number of alkyl halides is 4. The van der Waals surface area contributed by atoms with Gasteiger partial charge in [0.05, 0.1) is 30.7 Å². The van der Waals surface area contributed by atoms with Crippen LogP contribution in [-0.2, 0) is 4.74 Å². The number of hydrogen-bond donors (Lipinski definition) is 1. The predicted molar refractivity (Wildman–Crippen MR) is 118 cm³/mol. The molecule has 4 rings (SSSR count). The molecule has 0 spiro atoms. The number of nitrogens with zero attached hydrogens (tertiary/aromatic N) is 1. The molecule has 2 fully saturated rings. The van der Waals surface area contributed by atoms with Gasteiger partial charge in [-0.25, -0.2) is 22.4 Å². The molecule has 11 heteroatoms. The molecule has 1 N–H and O–H groups in total. The van der Waals surface area contributed by atoms with Crippen LogP contribution < -0.4 is 10.1 Å². The van der Waals surface area contributed by atoms with Gasteiger partial charge in [0.1, 0.15) is 22.7 Å². The van der Waals surface area contributed by atoms with Crippen molar-refractivity contribution in [3.05, 3.63) is 29.5 Å². The van der Waals surface area contributed by atoms with Crippen LogP contribution in [0.3, 0.4) is 0 Å². The summed E-state index contributed by atoms with van der Waals surface area (Å²) in [4.78, 5) is 26.1. The van der Waals surface area contributed by atoms with Crippen LogP contribution in [0.2, 0.25) is 0 Å². The number of rotatable bonds is 5. The van der Waals surface area contributed by atoms with Crippen LogP contribution >= 0.6 is 0 Å². The zero-order valence-electron chi connectivity index (χ0n) is 19.9. The van der Waals surface area contributed by atoms with Crippen molar-refractivity contribution >= 4 is 23.0 Å². The molecular weight excluding hydrogens is 472 g/mol. The van der Waals surface area contributed by atoms with E-state index >= 15 is 0 Å². The molecule has 2 heterocycles. The van der Waals surface area contributed by atoms with Crippen molar-refractivity contribution in [3.63, 3.8) is 0 Å². The molecule has 0 radical (unpaired) electrons. The van der Waals surface area contributed by atoms with E-state index in [-0.39, 0.29) is 43.1 Å². The topological polar surface area (TPSA) is 81.0 Å². The van der Waals surface area contributed by atoms with Gasteiger partial charge in [-0.05, 0) is 52.3 Å². The molecule has 1 aliphatic heterocycles. The predicted octanol–water partition coefficient (Wildman–Crippen LogP) is 5.15. The van der Waals surface area contributed by atoms with Crippen LogP contribution in [0, 0.1) is 12.8 Å². The minimum atomic E-state index is -3.39. The van der Waals surface area contributed by atoms with E-state index in [1.807, 2.05) is 0 Å². The lowest BCUT2D eigenvalue weighted by Crippen LogP contribution is -2.59. The monoisotopic (exact) mass is 500 g/mol. The van der Waals surface area contributed by atoms with Crippen molar-refractivity contribution in [2.45, 2.75) is 64.0 Å². The number of furan rings is 1. The summed E-state index contributed by atoms with van der Waals surface area (Å²) in [6, 6.07) is 3.04. The van der Waals surface area contributed by atoms with Gasteiger partial charge in [-0.2, -0.15) is 0 Å². The summed E-state index contributed by atoms with van der Waals surface area (Å²) in [5, 5.41) is 2.70. The minimum absolute atomic E-state index is 0.00957. The molecule has 7 nitrogen and oxygen atoms in total. The van der Waals surface area contributed by atoms with Crippen LogP contribution in [-0.4, -0.2) is 60.1 Å². The maximum atomic E-state index is 14.9. The first kappa shape index (κ1) is 25.1. The van der Waals surface area contributed by atoms with Crippen molar-refractivity contribution in [1.29, 1.82) is 0 Å². The third kappa shape index (κ3) is 5.48. The SMILES string of the molecule is Cc1oc2ccc(OCC3CC3(F)F)cc2c1C(=O)NC1CCN(C(=O)OC(C)(C)C)CC1(F)F. The van der Waals surface area contributed by atoms with Crippen LogP contribution in [0.15, 0.2) is 22.6 Å². The number of benzene rings is 1. The number of fused-ring (bicyclic) bond motifs is 1. The standard InChI is InChI=1S/C24H28F4N2O5/c1-13-19(16-9-15(5-6-17(16)34-13)33-11-14-10-23(14,25)26)20(31)29-18-7-8-30(12-24(18,27)28)21(32)35-22(2,3)4/h5-6,9,14,18H,7-8,10-12H2,1-4H3,(H,29,31). The van der Waals surface area contributed by atoms with Gasteiger partial charge in [0.15, 0.2) is 0 Å². The Hall–Kier alpha value is -2.98. The third-order valence-electron chi connectivity index (χ3n) is 6.03. The molecule has 1 aromatic carbocycles. The summed E-state index contributed by atoms with van der Waals surface area (Å²) >= 11 is 0. The quantitative estimate of drug-likeness (QED) is 0.575. The van der Waals surface area contributed by atoms with Crippen molar-refractivity contribution in [3.8, 4) is 5.75 Å². The Morgan fingerprint density at radius 2 is 1.89 bits per heavy atom. The Kier molecular flexibility index (Phi) is 6.17. The number of amides is 2. The molecular formula is C24H28F4N2O5. The highest BCUT2D eigenvalue weighted by molar-refractivity contribution is 6.07. The fraction of sp³-hybridized carbons (Fsp3) is 0.583. The number of ether oxygens (including phenoxy) is 2. The van der Waals surface area contributed by atoms with E-state index in [1.165, 1.54) is 25.1 Å². The van der Waals surface area contributed by atoms with Crippen molar-refractivity contribution in [2.75, 3.05) is 19.7 Å². The molecule has 2 aliphatic rings. The lowest BCUT2D eigenvalue weighted by molar-refractivity contribution is -0.0889. The number of carbonyl (C=O) groups is 2. The van der Waals surface area contributed by atoms with Crippen LogP contribution in [0.1, 0.15) is 49.7 Å². The Morgan fingerprint density at radius 3 is 2.49 bits per heavy atom. The largest absolute Gasteiger partial charge is 0.493 e. The van der Waals surface area contributed by atoms with Gasteiger partial charge in [-0.15, -0.1) is 0 Å². The normalized spacial score (nSPS) is 23.1. The molecule has 192 valence electrons. The number of hydrogen-bond acceptors (Lipinski definition) is 5. The van der Waals surface area contributed by atoms with E-state index in [1.54, 1.807) is 20.8 Å². The highest BCUT2D eigenvalue weighted by Gasteiger charge is 2.57. The highest BCUT2D eigenvalue weighted by atomic mass is 19.3. The summed E-state index contributed by atoms with van der Waals surface area (Å²) in [5.74, 6) is -7.22. The van der Waals surface area contributed by atoms with Gasteiger partial charge >= 0.3 is 6.09 Å². The Bertz CT molecular complexity index is 1140. The summed E-state index contributed by atoms with van der Waals surface area (Å²) < 4.78 is 72.2. The van der Waals surface area contributed by atoms with Gasteiger partial charge < -0.3 is 24.1 Å². The van der Waals surface area contributed by atoms with Crippen molar-refractivity contribution < 1.29 is 41.0 Å². The third-order valence-corrected chi connectivity index (χ3v) is 6.03. The number of carbonyl (C=O) groups excluding carboxylic acids is 2. The summed E-state index contributed by atoms with van der Waals surface area (Å²) in [5.41, 5.74) is -0.421. The van der Waals surface area contributed by atoms with Gasteiger partial charge in [0.2, 0.25) is 0 Å². The summed E-state index contributed by atoms with van der Waals surface area (Å²) in [6.07, 6.45) is -1.24. The van der Waals surface area contributed by atoms with Gasteiger partial charge in [-0.3, -0.25) is 4.79 Å². The minimum Gasteiger partial charge on any atom is -0.493 e. The van der Waals surface area contributed by atoms with Crippen LogP contribution in [0.25, 0.3) is 11.0 Å².